The summed E-state index contributed by atoms with van der Waals surface area (Å²) < 4.78 is 4.89. The molecule has 1 rings (SSSR count). The molecule has 0 aliphatic carbocycles. The number of carbonyl (C=O) groups excluding carboxylic acids is 1. The summed E-state index contributed by atoms with van der Waals surface area (Å²) in [5.74, 6) is -0.281. The van der Waals surface area contributed by atoms with Gasteiger partial charge in [0.15, 0.2) is 0 Å². The van der Waals surface area contributed by atoms with Crippen molar-refractivity contribution in [1.29, 1.82) is 0 Å². The molecule has 0 aliphatic heterocycles. The van der Waals surface area contributed by atoms with Gasteiger partial charge in [-0.05, 0) is 31.7 Å². The summed E-state index contributed by atoms with van der Waals surface area (Å²) in [7, 11) is 0. The van der Waals surface area contributed by atoms with Crippen LogP contribution in [0.15, 0.2) is 42.5 Å². The van der Waals surface area contributed by atoms with Gasteiger partial charge in [0.1, 0.15) is 0 Å². The quantitative estimate of drug-likeness (QED) is 0.399. The maximum absolute atomic E-state index is 11.4. The Kier molecular flexibility index (Phi) is 8.44. The van der Waals surface area contributed by atoms with Crippen LogP contribution in [0.3, 0.4) is 0 Å². The van der Waals surface area contributed by atoms with Crippen molar-refractivity contribution in [3.63, 3.8) is 0 Å². The van der Waals surface area contributed by atoms with E-state index in [0.29, 0.717) is 18.6 Å². The molecule has 0 aromatic heterocycles. The van der Waals surface area contributed by atoms with Gasteiger partial charge in [-0.25, -0.2) is 4.79 Å². The molecular weight excluding hydrogens is 264 g/mol. The molecule has 0 heterocycles. The van der Waals surface area contributed by atoms with Crippen LogP contribution in [-0.2, 0) is 9.53 Å². The van der Waals surface area contributed by atoms with Gasteiger partial charge >= 0.3 is 5.97 Å². The number of aliphatic hydroxyl groups excluding tert-OH is 1. The van der Waals surface area contributed by atoms with E-state index in [1.807, 2.05) is 30.3 Å². The standard InChI is InChI=1S/C18H26O3/c1-3-21-18(20)15(2)11-7-4-5-10-14-17(19)16-12-8-6-9-13-16/h6,8-9,12-13,17,19H,2-5,7,10-11,14H2,1H3. The fourth-order valence-electron chi connectivity index (χ4n) is 2.21. The molecule has 0 aliphatic rings. The average Bonchev–Trinajstić information content (AvgIpc) is 2.51. The first-order valence-corrected chi connectivity index (χ1v) is 7.73. The third kappa shape index (κ3) is 7.09. The molecule has 116 valence electrons. The highest BCUT2D eigenvalue weighted by molar-refractivity contribution is 5.87. The molecule has 21 heavy (non-hydrogen) atoms. The van der Waals surface area contributed by atoms with Crippen LogP contribution in [0.5, 0.6) is 0 Å². The molecule has 1 aromatic rings. The van der Waals surface area contributed by atoms with E-state index in [-0.39, 0.29) is 12.1 Å². The second-order valence-corrected chi connectivity index (χ2v) is 5.20. The molecule has 3 nitrogen and oxygen atoms in total. The molecule has 1 atom stereocenters. The van der Waals surface area contributed by atoms with Crippen LogP contribution in [0.25, 0.3) is 0 Å². The van der Waals surface area contributed by atoms with Gasteiger partial charge in [0.25, 0.3) is 0 Å². The molecule has 3 heteroatoms. The maximum Gasteiger partial charge on any atom is 0.333 e. The SMILES string of the molecule is C=C(CCCCCCC(O)c1ccccc1)C(=O)OCC. The lowest BCUT2D eigenvalue weighted by Crippen LogP contribution is -2.06. The number of esters is 1. The predicted molar refractivity (Wildman–Crippen MR) is 84.9 cm³/mol. The first kappa shape index (κ1) is 17.4. The van der Waals surface area contributed by atoms with Gasteiger partial charge < -0.3 is 9.84 Å². The molecule has 0 fully saturated rings. The Morgan fingerprint density at radius 3 is 2.52 bits per heavy atom. The summed E-state index contributed by atoms with van der Waals surface area (Å²) in [5, 5.41) is 10.0. The zero-order valence-corrected chi connectivity index (χ0v) is 12.9. The van der Waals surface area contributed by atoms with Gasteiger partial charge in [-0.15, -0.1) is 0 Å². The van der Waals surface area contributed by atoms with E-state index in [1.54, 1.807) is 6.92 Å². The Bertz CT molecular complexity index is 425. The normalized spacial score (nSPS) is 11.9. The van der Waals surface area contributed by atoms with E-state index >= 15 is 0 Å². The van der Waals surface area contributed by atoms with Crippen LogP contribution in [-0.4, -0.2) is 17.7 Å². The van der Waals surface area contributed by atoms with Gasteiger partial charge in [-0.2, -0.15) is 0 Å². The van der Waals surface area contributed by atoms with Crippen molar-refractivity contribution < 1.29 is 14.6 Å². The van der Waals surface area contributed by atoms with Crippen LogP contribution in [0.4, 0.5) is 0 Å². The van der Waals surface area contributed by atoms with E-state index < -0.39 is 0 Å². The molecular formula is C18H26O3. The Balaban J connectivity index is 2.07. The van der Waals surface area contributed by atoms with Crippen molar-refractivity contribution in [3.8, 4) is 0 Å². The molecule has 0 radical (unpaired) electrons. The van der Waals surface area contributed by atoms with Gasteiger partial charge in [-0.1, -0.05) is 56.2 Å². The zero-order chi connectivity index (χ0) is 15.5. The minimum Gasteiger partial charge on any atom is -0.463 e. The van der Waals surface area contributed by atoms with Crippen molar-refractivity contribution in [2.75, 3.05) is 6.61 Å². The Labute approximate surface area is 127 Å². The third-order valence-electron chi connectivity index (χ3n) is 3.45. The topological polar surface area (TPSA) is 46.5 Å². The lowest BCUT2D eigenvalue weighted by Gasteiger charge is -2.10. The van der Waals surface area contributed by atoms with Crippen molar-refractivity contribution in [2.24, 2.45) is 0 Å². The molecule has 0 amide bonds. The average molecular weight is 290 g/mol. The first-order valence-electron chi connectivity index (χ1n) is 7.73. The molecule has 0 bridgehead atoms. The summed E-state index contributed by atoms with van der Waals surface area (Å²) in [4.78, 5) is 11.4. The number of hydrogen-bond acceptors (Lipinski definition) is 3. The van der Waals surface area contributed by atoms with Crippen LogP contribution in [0.2, 0.25) is 0 Å². The third-order valence-corrected chi connectivity index (χ3v) is 3.45. The Hall–Kier alpha value is -1.61. The second-order valence-electron chi connectivity index (χ2n) is 5.20. The highest BCUT2D eigenvalue weighted by Gasteiger charge is 2.08. The molecule has 1 aromatic carbocycles. The monoisotopic (exact) mass is 290 g/mol. The summed E-state index contributed by atoms with van der Waals surface area (Å²) in [6.45, 7) is 5.94. The van der Waals surface area contributed by atoms with E-state index in [2.05, 4.69) is 6.58 Å². The highest BCUT2D eigenvalue weighted by Crippen LogP contribution is 2.20. The minimum atomic E-state index is -0.374. The number of aliphatic hydroxyl groups is 1. The molecule has 0 spiro atoms. The fraction of sp³-hybridized carbons (Fsp3) is 0.500. The minimum absolute atomic E-state index is 0.281. The maximum atomic E-state index is 11.4. The van der Waals surface area contributed by atoms with Crippen molar-refractivity contribution >= 4 is 5.97 Å². The van der Waals surface area contributed by atoms with E-state index in [4.69, 9.17) is 4.74 Å². The van der Waals surface area contributed by atoms with E-state index in [9.17, 15) is 9.90 Å². The largest absolute Gasteiger partial charge is 0.463 e. The Morgan fingerprint density at radius 2 is 1.86 bits per heavy atom. The summed E-state index contributed by atoms with van der Waals surface area (Å²) in [5.41, 5.74) is 1.54. The smallest absolute Gasteiger partial charge is 0.333 e. The summed E-state index contributed by atoms with van der Waals surface area (Å²) in [6, 6.07) is 9.74. The molecule has 1 N–H and O–H groups in total. The van der Waals surface area contributed by atoms with Crippen molar-refractivity contribution in [2.45, 2.75) is 51.6 Å². The lowest BCUT2D eigenvalue weighted by molar-refractivity contribution is -0.138. The van der Waals surface area contributed by atoms with Crippen molar-refractivity contribution in [3.05, 3.63) is 48.0 Å². The van der Waals surface area contributed by atoms with Gasteiger partial charge in [-0.3, -0.25) is 0 Å². The number of hydrogen-bond donors (Lipinski definition) is 1. The van der Waals surface area contributed by atoms with Gasteiger partial charge in [0.05, 0.1) is 12.7 Å². The summed E-state index contributed by atoms with van der Waals surface area (Å²) >= 11 is 0. The lowest BCUT2D eigenvalue weighted by atomic mass is 10.0. The van der Waals surface area contributed by atoms with Crippen LogP contribution >= 0.6 is 0 Å². The molecule has 0 saturated carbocycles. The van der Waals surface area contributed by atoms with E-state index in [0.717, 1.165) is 37.7 Å². The summed E-state index contributed by atoms with van der Waals surface area (Å²) in [6.07, 6.45) is 5.13. The molecule has 0 saturated heterocycles. The second kappa shape index (κ2) is 10.2. The Morgan fingerprint density at radius 1 is 1.19 bits per heavy atom. The zero-order valence-electron chi connectivity index (χ0n) is 12.9. The number of benzene rings is 1. The number of ether oxygens (including phenoxy) is 1. The predicted octanol–water partition coefficient (Wildman–Crippen LogP) is 4.18. The number of rotatable bonds is 10. The number of unbranched alkanes of at least 4 members (excludes halogenated alkanes) is 3. The van der Waals surface area contributed by atoms with Crippen LogP contribution < -0.4 is 0 Å². The van der Waals surface area contributed by atoms with Crippen molar-refractivity contribution in [1.82, 2.24) is 0 Å². The molecule has 1 unspecified atom stereocenters. The van der Waals surface area contributed by atoms with Crippen LogP contribution in [0.1, 0.15) is 57.1 Å². The highest BCUT2D eigenvalue weighted by atomic mass is 16.5. The van der Waals surface area contributed by atoms with Crippen LogP contribution in [0, 0.1) is 0 Å². The van der Waals surface area contributed by atoms with Gasteiger partial charge in [0, 0.05) is 5.57 Å². The number of carbonyl (C=O) groups is 1. The first-order chi connectivity index (χ1) is 10.1. The fourth-order valence-corrected chi connectivity index (χ4v) is 2.21. The van der Waals surface area contributed by atoms with E-state index in [1.165, 1.54) is 0 Å². The van der Waals surface area contributed by atoms with Gasteiger partial charge in [0.2, 0.25) is 0 Å².